The standard InChI is InChI=1S/C11H16FNO2S2/c1-8(13)9-3-4-11(10(12)7-9)16-5-6-17(2,14)15/h3-4,7-8H,5-6,13H2,1-2H3. The average molecular weight is 277 g/mol. The molecule has 0 saturated heterocycles. The zero-order valence-corrected chi connectivity index (χ0v) is 11.4. The average Bonchev–Trinajstić information content (AvgIpc) is 2.18. The van der Waals surface area contributed by atoms with Crippen LogP contribution in [0.5, 0.6) is 0 Å². The van der Waals surface area contributed by atoms with Crippen molar-refractivity contribution in [3.8, 4) is 0 Å². The summed E-state index contributed by atoms with van der Waals surface area (Å²) < 4.78 is 35.5. The minimum absolute atomic E-state index is 0.0478. The molecule has 0 aliphatic carbocycles. The summed E-state index contributed by atoms with van der Waals surface area (Å²) in [4.78, 5) is 0.457. The first-order chi connectivity index (χ1) is 7.79. The van der Waals surface area contributed by atoms with Gasteiger partial charge in [-0.1, -0.05) is 6.07 Å². The first-order valence-electron chi connectivity index (χ1n) is 5.15. The van der Waals surface area contributed by atoms with Crippen LogP contribution in [0.2, 0.25) is 0 Å². The SMILES string of the molecule is CC(N)c1ccc(SCCS(C)(=O)=O)c(F)c1. The largest absolute Gasteiger partial charge is 0.324 e. The molecule has 0 aromatic heterocycles. The van der Waals surface area contributed by atoms with E-state index in [9.17, 15) is 12.8 Å². The predicted molar refractivity (Wildman–Crippen MR) is 69.4 cm³/mol. The Morgan fingerprint density at radius 2 is 2.12 bits per heavy atom. The lowest BCUT2D eigenvalue weighted by atomic mass is 10.1. The van der Waals surface area contributed by atoms with Gasteiger partial charge in [-0.25, -0.2) is 12.8 Å². The molecule has 0 saturated carbocycles. The fraction of sp³-hybridized carbons (Fsp3) is 0.455. The van der Waals surface area contributed by atoms with Crippen molar-refractivity contribution in [3.05, 3.63) is 29.6 Å². The highest BCUT2D eigenvalue weighted by Gasteiger charge is 2.08. The van der Waals surface area contributed by atoms with E-state index in [1.807, 2.05) is 0 Å². The minimum atomic E-state index is -2.99. The molecule has 1 rings (SSSR count). The molecule has 96 valence electrons. The van der Waals surface area contributed by atoms with E-state index < -0.39 is 9.84 Å². The van der Waals surface area contributed by atoms with E-state index in [2.05, 4.69) is 0 Å². The van der Waals surface area contributed by atoms with Crippen molar-refractivity contribution in [1.29, 1.82) is 0 Å². The number of hydrogen-bond acceptors (Lipinski definition) is 4. The van der Waals surface area contributed by atoms with Crippen molar-refractivity contribution in [3.63, 3.8) is 0 Å². The monoisotopic (exact) mass is 277 g/mol. The fourth-order valence-electron chi connectivity index (χ4n) is 1.22. The van der Waals surface area contributed by atoms with E-state index in [0.717, 1.165) is 5.56 Å². The number of halogens is 1. The summed E-state index contributed by atoms with van der Waals surface area (Å²) in [5.41, 5.74) is 6.37. The third-order valence-corrected chi connectivity index (χ3v) is 4.45. The van der Waals surface area contributed by atoms with E-state index in [1.165, 1.54) is 24.1 Å². The molecule has 1 atom stereocenters. The maximum atomic E-state index is 13.6. The van der Waals surface area contributed by atoms with Crippen molar-refractivity contribution in [2.45, 2.75) is 17.9 Å². The maximum Gasteiger partial charge on any atom is 0.148 e. The van der Waals surface area contributed by atoms with Crippen LogP contribution in [0.1, 0.15) is 18.5 Å². The molecule has 3 nitrogen and oxygen atoms in total. The molecule has 2 N–H and O–H groups in total. The fourth-order valence-corrected chi connectivity index (χ4v) is 3.35. The molecule has 0 aliphatic heterocycles. The molecular formula is C11H16FNO2S2. The Balaban J connectivity index is 2.67. The van der Waals surface area contributed by atoms with Gasteiger partial charge in [0.1, 0.15) is 15.7 Å². The Bertz CT molecular complexity index is 486. The summed E-state index contributed by atoms with van der Waals surface area (Å²) in [5.74, 6) is 0.0534. The van der Waals surface area contributed by atoms with E-state index >= 15 is 0 Å². The highest BCUT2D eigenvalue weighted by atomic mass is 32.2. The van der Waals surface area contributed by atoms with E-state index in [4.69, 9.17) is 5.73 Å². The molecule has 0 aliphatic rings. The first-order valence-corrected chi connectivity index (χ1v) is 8.20. The highest BCUT2D eigenvalue weighted by molar-refractivity contribution is 8.00. The van der Waals surface area contributed by atoms with Gasteiger partial charge in [0.15, 0.2) is 0 Å². The van der Waals surface area contributed by atoms with Gasteiger partial charge in [-0.2, -0.15) is 0 Å². The lowest BCUT2D eigenvalue weighted by Gasteiger charge is -2.08. The zero-order chi connectivity index (χ0) is 13.1. The van der Waals surface area contributed by atoms with Crippen LogP contribution in [-0.2, 0) is 9.84 Å². The van der Waals surface area contributed by atoms with Gasteiger partial charge in [-0.3, -0.25) is 0 Å². The van der Waals surface area contributed by atoms with Crippen molar-refractivity contribution < 1.29 is 12.8 Å². The molecule has 0 spiro atoms. The normalized spacial score (nSPS) is 13.6. The summed E-state index contributed by atoms with van der Waals surface area (Å²) in [5, 5.41) is 0. The van der Waals surface area contributed by atoms with E-state index in [1.54, 1.807) is 19.1 Å². The molecule has 17 heavy (non-hydrogen) atoms. The maximum absolute atomic E-state index is 13.6. The van der Waals surface area contributed by atoms with Crippen LogP contribution in [0.4, 0.5) is 4.39 Å². The molecule has 1 aromatic rings. The van der Waals surface area contributed by atoms with Crippen LogP contribution in [0.15, 0.2) is 23.1 Å². The second-order valence-electron chi connectivity index (χ2n) is 3.96. The molecule has 0 amide bonds. The number of benzene rings is 1. The van der Waals surface area contributed by atoms with E-state index in [0.29, 0.717) is 10.6 Å². The molecule has 0 heterocycles. The number of sulfone groups is 1. The van der Waals surface area contributed by atoms with Crippen LogP contribution in [-0.4, -0.2) is 26.2 Å². The third kappa shape index (κ3) is 5.06. The van der Waals surface area contributed by atoms with Gasteiger partial charge < -0.3 is 5.73 Å². The number of nitrogens with two attached hydrogens (primary N) is 1. The second-order valence-corrected chi connectivity index (χ2v) is 7.35. The molecule has 1 unspecified atom stereocenters. The summed E-state index contributed by atoms with van der Waals surface area (Å²) in [6, 6.07) is 4.59. The Morgan fingerprint density at radius 1 is 1.47 bits per heavy atom. The van der Waals surface area contributed by atoms with Gasteiger partial charge in [-0.15, -0.1) is 11.8 Å². The molecule has 1 aromatic carbocycles. The Morgan fingerprint density at radius 3 is 2.59 bits per heavy atom. The third-order valence-electron chi connectivity index (χ3n) is 2.19. The second kappa shape index (κ2) is 5.84. The summed E-state index contributed by atoms with van der Waals surface area (Å²) >= 11 is 1.20. The molecule has 6 heteroatoms. The predicted octanol–water partition coefficient (Wildman–Crippen LogP) is 1.98. The van der Waals surface area contributed by atoms with Gasteiger partial charge in [0.25, 0.3) is 0 Å². The Labute approximate surface area is 106 Å². The molecule has 0 bridgehead atoms. The van der Waals surface area contributed by atoms with Crippen LogP contribution in [0, 0.1) is 5.82 Å². The van der Waals surface area contributed by atoms with Gasteiger partial charge in [-0.05, 0) is 24.6 Å². The number of hydrogen-bond donors (Lipinski definition) is 1. The molecule has 0 fully saturated rings. The minimum Gasteiger partial charge on any atom is -0.324 e. The van der Waals surface area contributed by atoms with Gasteiger partial charge in [0.2, 0.25) is 0 Å². The quantitative estimate of drug-likeness (QED) is 0.836. The Hall–Kier alpha value is -0.590. The topological polar surface area (TPSA) is 60.2 Å². The van der Waals surface area contributed by atoms with Crippen molar-refractivity contribution in [2.24, 2.45) is 5.73 Å². The highest BCUT2D eigenvalue weighted by Crippen LogP contribution is 2.24. The van der Waals surface area contributed by atoms with Gasteiger partial charge >= 0.3 is 0 Å². The summed E-state index contributed by atoms with van der Waals surface area (Å²) in [6.45, 7) is 1.78. The van der Waals surface area contributed by atoms with Gasteiger partial charge in [0, 0.05) is 22.9 Å². The van der Waals surface area contributed by atoms with Crippen molar-refractivity contribution in [1.82, 2.24) is 0 Å². The Kier molecular flexibility index (Phi) is 4.97. The summed E-state index contributed by atoms with van der Waals surface area (Å²) in [7, 11) is -2.99. The lowest BCUT2D eigenvalue weighted by molar-refractivity contribution is 0.596. The number of thioether (sulfide) groups is 1. The smallest absolute Gasteiger partial charge is 0.148 e. The zero-order valence-electron chi connectivity index (χ0n) is 9.81. The van der Waals surface area contributed by atoms with Crippen LogP contribution in [0.3, 0.4) is 0 Å². The van der Waals surface area contributed by atoms with Crippen LogP contribution >= 0.6 is 11.8 Å². The van der Waals surface area contributed by atoms with E-state index in [-0.39, 0.29) is 17.6 Å². The first kappa shape index (κ1) is 14.5. The lowest BCUT2D eigenvalue weighted by Crippen LogP contribution is -2.06. The van der Waals surface area contributed by atoms with Crippen LogP contribution < -0.4 is 5.73 Å². The summed E-state index contributed by atoms with van der Waals surface area (Å²) in [6.07, 6.45) is 1.17. The van der Waals surface area contributed by atoms with Gasteiger partial charge in [0.05, 0.1) is 5.75 Å². The molecular weight excluding hydrogens is 261 g/mol. The van der Waals surface area contributed by atoms with Crippen molar-refractivity contribution >= 4 is 21.6 Å². The van der Waals surface area contributed by atoms with Crippen LogP contribution in [0.25, 0.3) is 0 Å². The molecule has 0 radical (unpaired) electrons. The van der Waals surface area contributed by atoms with Crippen molar-refractivity contribution in [2.75, 3.05) is 17.8 Å². The number of rotatable bonds is 5.